The minimum atomic E-state index is -4.69. The van der Waals surface area contributed by atoms with E-state index in [0.717, 1.165) is 6.20 Å². The minimum Gasteiger partial charge on any atom is -0.346 e. The van der Waals surface area contributed by atoms with Crippen LogP contribution < -0.4 is 10.9 Å². The maximum atomic E-state index is 13.7. The fourth-order valence-electron chi connectivity index (χ4n) is 4.08. The lowest BCUT2D eigenvalue weighted by atomic mass is 9.97. The second-order valence-corrected chi connectivity index (χ2v) is 8.88. The Hall–Kier alpha value is -4.21. The van der Waals surface area contributed by atoms with Crippen molar-refractivity contribution in [3.8, 4) is 11.1 Å². The van der Waals surface area contributed by atoms with Gasteiger partial charge in [0, 0.05) is 36.8 Å². The second-order valence-electron chi connectivity index (χ2n) is 8.88. The van der Waals surface area contributed by atoms with E-state index in [4.69, 9.17) is 5.41 Å². The Morgan fingerprint density at radius 2 is 1.89 bits per heavy atom. The molecule has 0 bridgehead atoms. The van der Waals surface area contributed by atoms with Gasteiger partial charge in [0.25, 0.3) is 5.91 Å². The predicted octanol–water partition coefficient (Wildman–Crippen LogP) is 5.37. The first-order valence-electron chi connectivity index (χ1n) is 11.4. The zero-order valence-corrected chi connectivity index (χ0v) is 20.4. The van der Waals surface area contributed by atoms with Crippen LogP contribution in [0.4, 0.5) is 17.6 Å². The highest BCUT2D eigenvalue weighted by molar-refractivity contribution is 5.96. The number of hydrogen-bond acceptors (Lipinski definition) is 3. The van der Waals surface area contributed by atoms with Crippen LogP contribution in [-0.2, 0) is 19.8 Å². The Morgan fingerprint density at radius 3 is 2.54 bits per heavy atom. The number of amides is 1. The molecule has 2 aromatic carbocycles. The molecule has 0 saturated carbocycles. The SMILES string of the molecule is Cc1cc([C@H](C)NC(=O)c2cc(Cn3ccn(C)c3=N)cc(-c3cccnc3C(F)(F)F)c2)ccc1F. The molecule has 37 heavy (non-hydrogen) atoms. The molecule has 0 radical (unpaired) electrons. The molecule has 0 spiro atoms. The number of carbonyl (C=O) groups excluding carboxylic acids is 1. The number of alkyl halides is 3. The zero-order valence-electron chi connectivity index (χ0n) is 20.4. The summed E-state index contributed by atoms with van der Waals surface area (Å²) in [6.07, 6.45) is -0.247. The number of pyridine rings is 1. The first-order valence-corrected chi connectivity index (χ1v) is 11.4. The van der Waals surface area contributed by atoms with Crippen LogP contribution in [0.2, 0.25) is 0 Å². The lowest BCUT2D eigenvalue weighted by Gasteiger charge is -2.17. The molecule has 1 atom stereocenters. The smallest absolute Gasteiger partial charge is 0.346 e. The molecule has 0 fully saturated rings. The van der Waals surface area contributed by atoms with E-state index in [0.29, 0.717) is 16.7 Å². The summed E-state index contributed by atoms with van der Waals surface area (Å²) in [6.45, 7) is 3.53. The van der Waals surface area contributed by atoms with Crippen LogP contribution in [0.5, 0.6) is 0 Å². The lowest BCUT2D eigenvalue weighted by Crippen LogP contribution is -2.27. The van der Waals surface area contributed by atoms with E-state index < -0.39 is 23.8 Å². The van der Waals surface area contributed by atoms with Crippen LogP contribution >= 0.6 is 0 Å². The van der Waals surface area contributed by atoms with Gasteiger partial charge in [-0.05, 0) is 66.4 Å². The first kappa shape index (κ1) is 25.9. The van der Waals surface area contributed by atoms with Gasteiger partial charge in [0.2, 0.25) is 5.62 Å². The van der Waals surface area contributed by atoms with E-state index in [1.165, 1.54) is 24.3 Å². The minimum absolute atomic E-state index is 0.151. The molecule has 192 valence electrons. The average Bonchev–Trinajstić information content (AvgIpc) is 3.17. The normalized spacial score (nSPS) is 12.4. The Kier molecular flexibility index (Phi) is 7.02. The molecule has 4 aromatic rings. The van der Waals surface area contributed by atoms with Crippen molar-refractivity contribution in [1.82, 2.24) is 19.4 Å². The molecule has 0 unspecified atom stereocenters. The standard InChI is InChI=1S/C27H25F4N5O/c1-16-11-19(6-7-23(16)28)17(2)34-25(37)21-13-18(15-36-10-9-35(3)26(36)32)12-20(14-21)22-5-4-8-33-24(22)27(29,30)31/h4-14,17,32H,15H2,1-3H3,(H,34,37)/t17-/m0/s1. The van der Waals surface area contributed by atoms with Crippen LogP contribution in [0.3, 0.4) is 0 Å². The number of carbonyl (C=O) groups is 1. The van der Waals surface area contributed by atoms with Gasteiger partial charge >= 0.3 is 6.18 Å². The summed E-state index contributed by atoms with van der Waals surface area (Å²) >= 11 is 0. The van der Waals surface area contributed by atoms with Crippen LogP contribution in [0.1, 0.15) is 45.7 Å². The highest BCUT2D eigenvalue weighted by Crippen LogP contribution is 2.36. The van der Waals surface area contributed by atoms with E-state index in [9.17, 15) is 22.4 Å². The van der Waals surface area contributed by atoms with E-state index in [2.05, 4.69) is 10.3 Å². The summed E-state index contributed by atoms with van der Waals surface area (Å²) < 4.78 is 58.0. The number of hydrogen-bond donors (Lipinski definition) is 2. The number of aryl methyl sites for hydroxylation is 2. The molecular weight excluding hydrogens is 486 g/mol. The van der Waals surface area contributed by atoms with Crippen molar-refractivity contribution in [3.63, 3.8) is 0 Å². The Morgan fingerprint density at radius 1 is 1.14 bits per heavy atom. The van der Waals surface area contributed by atoms with E-state index >= 15 is 0 Å². The summed E-state index contributed by atoms with van der Waals surface area (Å²) in [5, 5.41) is 11.0. The van der Waals surface area contributed by atoms with Crippen LogP contribution in [0.15, 0.2) is 67.1 Å². The number of rotatable bonds is 6. The molecule has 2 N–H and O–H groups in total. The monoisotopic (exact) mass is 511 g/mol. The van der Waals surface area contributed by atoms with Gasteiger partial charge in [-0.3, -0.25) is 15.2 Å². The molecule has 0 aliphatic carbocycles. The van der Waals surface area contributed by atoms with Crippen LogP contribution in [0.25, 0.3) is 11.1 Å². The molecule has 2 aromatic heterocycles. The lowest BCUT2D eigenvalue weighted by molar-refractivity contribution is -0.140. The number of benzene rings is 2. The first-order chi connectivity index (χ1) is 17.4. The number of halogens is 4. The molecule has 6 nitrogen and oxygen atoms in total. The fourth-order valence-corrected chi connectivity index (χ4v) is 4.08. The maximum absolute atomic E-state index is 13.7. The van der Waals surface area contributed by atoms with Gasteiger partial charge in [-0.2, -0.15) is 13.2 Å². The molecule has 0 aliphatic heterocycles. The van der Waals surface area contributed by atoms with Gasteiger partial charge in [0.1, 0.15) is 5.82 Å². The van der Waals surface area contributed by atoms with Gasteiger partial charge in [0.05, 0.1) is 12.6 Å². The summed E-state index contributed by atoms with van der Waals surface area (Å²) in [5.74, 6) is -0.858. The average molecular weight is 512 g/mol. The molecular formula is C27H25F4N5O. The van der Waals surface area contributed by atoms with Crippen molar-refractivity contribution in [2.24, 2.45) is 7.05 Å². The topological polar surface area (TPSA) is 75.7 Å². The molecule has 4 rings (SSSR count). The fraction of sp³-hybridized carbons (Fsp3) is 0.222. The van der Waals surface area contributed by atoms with Crippen LogP contribution in [-0.4, -0.2) is 20.0 Å². The molecule has 2 heterocycles. The van der Waals surface area contributed by atoms with Crippen molar-refractivity contribution < 1.29 is 22.4 Å². The Labute approximate surface area is 210 Å². The third kappa shape index (κ3) is 5.63. The quantitative estimate of drug-likeness (QED) is 0.342. The van der Waals surface area contributed by atoms with Crippen molar-refractivity contribution in [1.29, 1.82) is 5.41 Å². The summed E-state index contributed by atoms with van der Waals surface area (Å²) in [4.78, 5) is 16.8. The van der Waals surface area contributed by atoms with Gasteiger partial charge in [-0.25, -0.2) is 4.39 Å². The van der Waals surface area contributed by atoms with Crippen molar-refractivity contribution in [3.05, 3.63) is 107 Å². The van der Waals surface area contributed by atoms with E-state index in [-0.39, 0.29) is 34.7 Å². The van der Waals surface area contributed by atoms with Crippen LogP contribution in [0, 0.1) is 18.2 Å². The van der Waals surface area contributed by atoms with Gasteiger partial charge < -0.3 is 14.5 Å². The maximum Gasteiger partial charge on any atom is 0.433 e. The number of imidazole rings is 1. The molecule has 10 heteroatoms. The number of nitrogens with zero attached hydrogens (tertiary/aromatic N) is 3. The summed E-state index contributed by atoms with van der Waals surface area (Å²) in [7, 11) is 1.71. The Bertz CT molecular complexity index is 1520. The Balaban J connectivity index is 1.76. The highest BCUT2D eigenvalue weighted by Gasteiger charge is 2.35. The van der Waals surface area contributed by atoms with E-state index in [1.807, 2.05) is 0 Å². The highest BCUT2D eigenvalue weighted by atomic mass is 19.4. The van der Waals surface area contributed by atoms with Gasteiger partial charge in [-0.15, -0.1) is 0 Å². The number of aromatic nitrogens is 3. The van der Waals surface area contributed by atoms with Gasteiger partial charge in [-0.1, -0.05) is 18.2 Å². The van der Waals surface area contributed by atoms with Crippen molar-refractivity contribution in [2.45, 2.75) is 32.6 Å². The van der Waals surface area contributed by atoms with Crippen molar-refractivity contribution in [2.75, 3.05) is 0 Å². The molecule has 1 amide bonds. The zero-order chi connectivity index (χ0) is 26.9. The van der Waals surface area contributed by atoms with Crippen molar-refractivity contribution >= 4 is 5.91 Å². The number of nitrogens with one attached hydrogen (secondary N) is 2. The molecule has 0 aliphatic rings. The summed E-state index contributed by atoms with van der Waals surface area (Å²) in [6, 6.07) is 11.3. The second kappa shape index (κ2) is 10.0. The predicted molar refractivity (Wildman–Crippen MR) is 130 cm³/mol. The third-order valence-electron chi connectivity index (χ3n) is 6.10. The summed E-state index contributed by atoms with van der Waals surface area (Å²) in [5.41, 5.74) is 0.969. The van der Waals surface area contributed by atoms with Gasteiger partial charge in [0.15, 0.2) is 5.69 Å². The largest absolute Gasteiger partial charge is 0.433 e. The molecule has 0 saturated heterocycles. The van der Waals surface area contributed by atoms with E-state index in [1.54, 1.807) is 66.7 Å². The third-order valence-corrected chi connectivity index (χ3v) is 6.10.